The fourth-order valence-electron chi connectivity index (χ4n) is 2.83. The summed E-state index contributed by atoms with van der Waals surface area (Å²) in [5.41, 5.74) is 6.89. The molecular formula is C17H26ClN5O2. The predicted molar refractivity (Wildman–Crippen MR) is 98.3 cm³/mol. The third kappa shape index (κ3) is 4.98. The molecule has 2 N–H and O–H groups in total. The minimum Gasteiger partial charge on any atom is -0.351 e. The molecule has 0 atom stereocenters. The van der Waals surface area contributed by atoms with Crippen LogP contribution in [0.2, 0.25) is 5.15 Å². The Labute approximate surface area is 153 Å². The topological polar surface area (TPSA) is 84.5 Å². The van der Waals surface area contributed by atoms with Crippen molar-refractivity contribution in [3.05, 3.63) is 22.5 Å². The first-order valence-electron chi connectivity index (χ1n) is 8.68. The lowest BCUT2D eigenvalue weighted by molar-refractivity contribution is -0.125. The van der Waals surface area contributed by atoms with Crippen molar-refractivity contribution < 1.29 is 9.59 Å². The number of nitrogens with zero attached hydrogens (tertiary/aromatic N) is 4. The van der Waals surface area contributed by atoms with Gasteiger partial charge >= 0.3 is 6.03 Å². The van der Waals surface area contributed by atoms with E-state index in [0.29, 0.717) is 31.3 Å². The van der Waals surface area contributed by atoms with Crippen LogP contribution in [-0.2, 0) is 11.3 Å². The van der Waals surface area contributed by atoms with Crippen LogP contribution < -0.4 is 5.73 Å². The predicted octanol–water partition coefficient (Wildman–Crippen LogP) is 2.27. The summed E-state index contributed by atoms with van der Waals surface area (Å²) in [4.78, 5) is 27.0. The van der Waals surface area contributed by atoms with Gasteiger partial charge in [-0.25, -0.2) is 4.79 Å². The van der Waals surface area contributed by atoms with E-state index >= 15 is 0 Å². The molecule has 1 fully saturated rings. The number of nitrogens with two attached hydrogens (primary N) is 1. The van der Waals surface area contributed by atoms with E-state index in [-0.39, 0.29) is 5.91 Å². The van der Waals surface area contributed by atoms with Crippen LogP contribution in [0.15, 0.2) is 6.08 Å². The molecule has 0 radical (unpaired) electrons. The second-order valence-corrected chi connectivity index (χ2v) is 6.56. The molecule has 0 spiro atoms. The molecule has 7 nitrogen and oxygen atoms in total. The van der Waals surface area contributed by atoms with Gasteiger partial charge in [0.15, 0.2) is 0 Å². The van der Waals surface area contributed by atoms with Gasteiger partial charge in [0.2, 0.25) is 5.91 Å². The summed E-state index contributed by atoms with van der Waals surface area (Å²) in [6.07, 6.45) is 6.05. The second-order valence-electron chi connectivity index (χ2n) is 6.20. The number of unbranched alkanes of at least 4 members (excludes halogenated alkanes) is 1. The van der Waals surface area contributed by atoms with Gasteiger partial charge in [0.1, 0.15) is 5.15 Å². The van der Waals surface area contributed by atoms with Crippen molar-refractivity contribution in [3.8, 4) is 0 Å². The van der Waals surface area contributed by atoms with Gasteiger partial charge in [0.05, 0.1) is 5.69 Å². The molecule has 138 valence electrons. The lowest BCUT2D eigenvalue weighted by Gasteiger charge is -2.19. The Balaban J connectivity index is 2.02. The fourth-order valence-corrected chi connectivity index (χ4v) is 3.15. The number of carbonyl (C=O) groups excluding carboxylic acids is 2. The van der Waals surface area contributed by atoms with Crippen molar-refractivity contribution in [1.82, 2.24) is 19.6 Å². The first-order valence-corrected chi connectivity index (χ1v) is 9.06. The number of hydrogen-bond donors (Lipinski definition) is 1. The molecule has 1 aromatic rings. The molecular weight excluding hydrogens is 342 g/mol. The Morgan fingerprint density at radius 2 is 1.92 bits per heavy atom. The Hall–Kier alpha value is -2.02. The van der Waals surface area contributed by atoms with Gasteiger partial charge in [0.25, 0.3) is 0 Å². The van der Waals surface area contributed by atoms with Crippen LogP contribution in [0.25, 0.3) is 6.08 Å². The summed E-state index contributed by atoms with van der Waals surface area (Å²) >= 11 is 6.38. The maximum atomic E-state index is 12.4. The maximum absolute atomic E-state index is 12.4. The number of hydrogen-bond acceptors (Lipinski definition) is 3. The molecule has 0 saturated carbocycles. The summed E-state index contributed by atoms with van der Waals surface area (Å²) in [6, 6.07) is -0.438. The van der Waals surface area contributed by atoms with Crippen molar-refractivity contribution in [1.29, 1.82) is 0 Å². The number of aromatic nitrogens is 2. The average molecular weight is 368 g/mol. The minimum absolute atomic E-state index is 0.0944. The van der Waals surface area contributed by atoms with E-state index < -0.39 is 6.03 Å². The molecule has 8 heteroatoms. The lowest BCUT2D eigenvalue weighted by atomic mass is 10.2. The van der Waals surface area contributed by atoms with Gasteiger partial charge in [-0.05, 0) is 25.8 Å². The molecule has 0 bridgehead atoms. The summed E-state index contributed by atoms with van der Waals surface area (Å²) in [7, 11) is 0. The van der Waals surface area contributed by atoms with Gasteiger partial charge in [0, 0.05) is 44.4 Å². The normalized spacial score (nSPS) is 15.6. The van der Waals surface area contributed by atoms with E-state index in [4.69, 9.17) is 17.3 Å². The number of rotatable bonds is 5. The Morgan fingerprint density at radius 1 is 1.24 bits per heavy atom. The molecule has 1 aliphatic heterocycles. The Bertz CT molecular complexity index is 656. The number of halogens is 1. The highest BCUT2D eigenvalue weighted by Gasteiger charge is 2.19. The number of primary amides is 1. The molecule has 3 amide bonds. The van der Waals surface area contributed by atoms with Crippen LogP contribution in [0.4, 0.5) is 4.79 Å². The van der Waals surface area contributed by atoms with E-state index in [1.807, 2.05) is 6.92 Å². The highest BCUT2D eigenvalue weighted by Crippen LogP contribution is 2.22. The second kappa shape index (κ2) is 8.89. The van der Waals surface area contributed by atoms with Crippen LogP contribution in [0.1, 0.15) is 37.4 Å². The van der Waals surface area contributed by atoms with E-state index in [9.17, 15) is 9.59 Å². The van der Waals surface area contributed by atoms with Crippen molar-refractivity contribution in [2.24, 2.45) is 5.73 Å². The van der Waals surface area contributed by atoms with Gasteiger partial charge in [-0.2, -0.15) is 5.10 Å². The zero-order chi connectivity index (χ0) is 18.4. The van der Waals surface area contributed by atoms with Crippen LogP contribution in [0, 0.1) is 6.92 Å². The third-order valence-corrected chi connectivity index (χ3v) is 4.74. The lowest BCUT2D eigenvalue weighted by Crippen LogP contribution is -2.39. The molecule has 1 saturated heterocycles. The number of urea groups is 1. The summed E-state index contributed by atoms with van der Waals surface area (Å²) in [5.74, 6) is -0.0944. The monoisotopic (exact) mass is 367 g/mol. The van der Waals surface area contributed by atoms with E-state index in [2.05, 4.69) is 12.0 Å². The molecule has 0 aromatic carbocycles. The van der Waals surface area contributed by atoms with Gasteiger partial charge < -0.3 is 15.5 Å². The quantitative estimate of drug-likeness (QED) is 0.810. The highest BCUT2D eigenvalue weighted by molar-refractivity contribution is 6.31. The zero-order valence-corrected chi connectivity index (χ0v) is 15.6. The largest absolute Gasteiger partial charge is 0.351 e. The Kier molecular flexibility index (Phi) is 6.87. The Morgan fingerprint density at radius 3 is 2.60 bits per heavy atom. The first-order chi connectivity index (χ1) is 11.9. The van der Waals surface area contributed by atoms with Crippen LogP contribution >= 0.6 is 11.6 Å². The number of carbonyl (C=O) groups is 2. The van der Waals surface area contributed by atoms with Crippen molar-refractivity contribution in [3.63, 3.8) is 0 Å². The van der Waals surface area contributed by atoms with Crippen molar-refractivity contribution in [2.75, 3.05) is 26.2 Å². The van der Waals surface area contributed by atoms with E-state index in [1.54, 1.807) is 20.6 Å². The minimum atomic E-state index is -0.438. The van der Waals surface area contributed by atoms with Gasteiger partial charge in [-0.3, -0.25) is 9.48 Å². The van der Waals surface area contributed by atoms with E-state index in [0.717, 1.165) is 37.1 Å². The number of amides is 3. The van der Waals surface area contributed by atoms with Crippen molar-refractivity contribution in [2.45, 2.75) is 39.7 Å². The molecule has 2 heterocycles. The van der Waals surface area contributed by atoms with Crippen LogP contribution in [0.5, 0.6) is 0 Å². The number of aryl methyl sites for hydroxylation is 2. The van der Waals surface area contributed by atoms with Crippen molar-refractivity contribution >= 4 is 29.6 Å². The first kappa shape index (κ1) is 19.3. The average Bonchev–Trinajstić information content (AvgIpc) is 2.76. The molecule has 1 aliphatic rings. The van der Waals surface area contributed by atoms with Gasteiger partial charge in [-0.15, -0.1) is 0 Å². The molecule has 0 unspecified atom stereocenters. The maximum Gasteiger partial charge on any atom is 0.314 e. The molecule has 25 heavy (non-hydrogen) atoms. The van der Waals surface area contributed by atoms with E-state index in [1.165, 1.54) is 6.08 Å². The molecule has 1 aromatic heterocycles. The fraction of sp³-hybridized carbons (Fsp3) is 0.588. The smallest absolute Gasteiger partial charge is 0.314 e. The zero-order valence-electron chi connectivity index (χ0n) is 14.9. The summed E-state index contributed by atoms with van der Waals surface area (Å²) in [6.45, 7) is 6.90. The molecule has 0 aliphatic carbocycles. The molecule has 2 rings (SSSR count). The summed E-state index contributed by atoms with van der Waals surface area (Å²) < 4.78 is 1.78. The van der Waals surface area contributed by atoms with Gasteiger partial charge in [-0.1, -0.05) is 24.9 Å². The SMILES string of the molecule is CCCCn1nc(C)c(C=CC(=O)N2CCCN(C(N)=O)CC2)c1Cl. The van der Waals surface area contributed by atoms with Crippen LogP contribution in [-0.4, -0.2) is 57.7 Å². The van der Waals surface area contributed by atoms with Crippen LogP contribution in [0.3, 0.4) is 0 Å². The summed E-state index contributed by atoms with van der Waals surface area (Å²) in [5, 5.41) is 4.99. The standard InChI is InChI=1S/C17H26ClN5O2/c1-3-4-10-23-16(18)14(13(2)20-23)6-7-15(24)21-8-5-9-22(12-11-21)17(19)25/h6-7H,3-5,8-12H2,1-2H3,(H2,19,25). The third-order valence-electron chi connectivity index (χ3n) is 4.34. The highest BCUT2D eigenvalue weighted by atomic mass is 35.5.